The van der Waals surface area contributed by atoms with Gasteiger partial charge in [-0.1, -0.05) is 26.0 Å². The third kappa shape index (κ3) is 9.10. The third-order valence-corrected chi connectivity index (χ3v) is 15.1. The second-order valence-corrected chi connectivity index (χ2v) is 20.7. The van der Waals surface area contributed by atoms with E-state index < -0.39 is 85.6 Å². The summed E-state index contributed by atoms with van der Waals surface area (Å²) in [6.07, 6.45) is 2.67. The predicted octanol–water partition coefficient (Wildman–Crippen LogP) is 6.05. The molecule has 4 amide bonds. The summed E-state index contributed by atoms with van der Waals surface area (Å²) in [5, 5.41) is 14.7. The number of nitrogens with one attached hydrogen (secondary N) is 2. The maximum atomic E-state index is 15.4. The smallest absolute Gasteiger partial charge is 0.408 e. The lowest BCUT2D eigenvalue weighted by atomic mass is 9.84. The van der Waals surface area contributed by atoms with Crippen LogP contribution < -0.4 is 24.2 Å². The van der Waals surface area contributed by atoms with Crippen molar-refractivity contribution in [2.24, 2.45) is 17.8 Å². The average molecular weight is 876 g/mol. The lowest BCUT2D eigenvalue weighted by Crippen LogP contribution is -2.66. The van der Waals surface area contributed by atoms with Gasteiger partial charge >= 0.3 is 6.09 Å². The number of ether oxygens (including phenoxy) is 3. The van der Waals surface area contributed by atoms with Crippen LogP contribution in [0.15, 0.2) is 36.4 Å². The Labute approximate surface area is 356 Å². The van der Waals surface area contributed by atoms with Gasteiger partial charge in [0.15, 0.2) is 0 Å². The van der Waals surface area contributed by atoms with E-state index >= 15 is 13.6 Å². The zero-order valence-corrected chi connectivity index (χ0v) is 37.1. The summed E-state index contributed by atoms with van der Waals surface area (Å²) in [6, 6.07) is 3.83. The number of aromatic nitrogens is 1. The fourth-order valence-electron chi connectivity index (χ4n) is 8.52. The molecule has 61 heavy (non-hydrogen) atoms. The number of sulfonamides is 1. The van der Waals surface area contributed by atoms with Gasteiger partial charge in [0.25, 0.3) is 11.8 Å². The van der Waals surface area contributed by atoms with Crippen molar-refractivity contribution in [1.29, 1.82) is 0 Å². The number of halogens is 2. The maximum absolute atomic E-state index is 15.4. The van der Waals surface area contributed by atoms with Crippen molar-refractivity contribution in [3.05, 3.63) is 36.4 Å². The highest BCUT2D eigenvalue weighted by molar-refractivity contribution is 7.91. The number of hydrogen-bond donors (Lipinski definition) is 3. The first-order valence-electron chi connectivity index (χ1n) is 20.9. The van der Waals surface area contributed by atoms with Crippen molar-refractivity contribution in [3.63, 3.8) is 0 Å². The summed E-state index contributed by atoms with van der Waals surface area (Å²) >= 11 is 0. The highest BCUT2D eigenvalue weighted by atomic mass is 32.2. The van der Waals surface area contributed by atoms with E-state index in [1.54, 1.807) is 37.3 Å². The standard InChI is InChI=1S/C43H59F2N5O10S/c1-24(2)59-33-20-27-19-29(58-9)14-15-31(27)36(46-33)60-30-21-32-35(51)47-43(38(53)48-61(56,57)41(7)16-17-41)22-28(43)13-11-10-12-25(3)18-26(4)34(37(52)49(32)23-30)50(39(54)55)40(5,6)42(8,44)45/h11,13-15,19-20,24-26,28,30,32,34H,10,12,16-18,21-23H2,1-9H3,(H,47,51)(H,48,53)(H,54,55)/b13-11-/t25-,26-,28-,30-,32+,34+,43-/m1/s1. The number of fused-ring (bicyclic) bond motifs is 3. The fourth-order valence-corrected chi connectivity index (χ4v) is 9.83. The van der Waals surface area contributed by atoms with Crippen molar-refractivity contribution >= 4 is 44.6 Å². The fraction of sp³-hybridized carbons (Fsp3) is 0.651. The Morgan fingerprint density at radius 3 is 2.41 bits per heavy atom. The zero-order chi connectivity index (χ0) is 45.0. The van der Waals surface area contributed by atoms with E-state index in [0.717, 1.165) is 18.7 Å². The van der Waals surface area contributed by atoms with Crippen LogP contribution in [0.4, 0.5) is 13.6 Å². The normalized spacial score (nSPS) is 28.7. The van der Waals surface area contributed by atoms with Gasteiger partial charge in [0.2, 0.25) is 33.6 Å². The van der Waals surface area contributed by atoms with Gasteiger partial charge < -0.3 is 29.5 Å². The number of carbonyl (C=O) groups excluding carboxylic acids is 3. The van der Waals surface area contributed by atoms with Crippen molar-refractivity contribution < 1.29 is 55.7 Å². The molecule has 0 bridgehead atoms. The predicted molar refractivity (Wildman–Crippen MR) is 222 cm³/mol. The van der Waals surface area contributed by atoms with Crippen LogP contribution in [-0.2, 0) is 24.4 Å². The molecule has 336 valence electrons. The Morgan fingerprint density at radius 2 is 1.80 bits per heavy atom. The second kappa shape index (κ2) is 16.5. The van der Waals surface area contributed by atoms with E-state index in [0.29, 0.717) is 54.0 Å². The van der Waals surface area contributed by atoms with E-state index in [1.165, 1.54) is 14.0 Å². The van der Waals surface area contributed by atoms with Gasteiger partial charge in [-0.05, 0) is 109 Å². The molecular weight excluding hydrogens is 817 g/mol. The van der Waals surface area contributed by atoms with Crippen LogP contribution in [0, 0.1) is 17.8 Å². The molecule has 2 aliphatic carbocycles. The van der Waals surface area contributed by atoms with E-state index in [1.807, 2.05) is 26.8 Å². The lowest BCUT2D eigenvalue weighted by molar-refractivity contribution is -0.156. The number of carboxylic acid groups (broad SMARTS) is 1. The molecule has 0 radical (unpaired) electrons. The van der Waals surface area contributed by atoms with Gasteiger partial charge in [0, 0.05) is 30.7 Å². The highest BCUT2D eigenvalue weighted by Gasteiger charge is 2.63. The molecule has 0 spiro atoms. The van der Waals surface area contributed by atoms with Crippen molar-refractivity contribution in [2.75, 3.05) is 13.7 Å². The number of hydrogen-bond acceptors (Lipinski definition) is 10. The Kier molecular flexibility index (Phi) is 12.4. The molecule has 1 saturated heterocycles. The molecule has 3 N–H and O–H groups in total. The van der Waals surface area contributed by atoms with E-state index in [2.05, 4.69) is 15.0 Å². The Balaban J connectivity index is 1.44. The summed E-state index contributed by atoms with van der Waals surface area (Å²) in [6.45, 7) is 11.2. The summed E-state index contributed by atoms with van der Waals surface area (Å²) in [4.78, 5) is 63.5. The summed E-state index contributed by atoms with van der Waals surface area (Å²) in [7, 11) is -2.58. The average Bonchev–Trinajstić information content (AvgIpc) is 4.03. The summed E-state index contributed by atoms with van der Waals surface area (Å²) in [5.41, 5.74) is -4.07. The number of alkyl halides is 2. The first-order valence-corrected chi connectivity index (χ1v) is 22.4. The van der Waals surface area contributed by atoms with E-state index in [-0.39, 0.29) is 49.6 Å². The monoisotopic (exact) mass is 875 g/mol. The topological polar surface area (TPSA) is 194 Å². The molecule has 6 rings (SSSR count). The molecule has 3 heterocycles. The number of carbonyl (C=O) groups is 4. The molecule has 0 unspecified atom stereocenters. The SMILES string of the molecule is COc1ccc2c(O[C@@H]3C[C@H]4C(=O)N[C@]5(C(=O)NS(=O)(=O)C6(C)CC6)C[C@H]5/C=C\CC[C@@H](C)C[C@@H](C)[C@H](N(C(=O)O)C(C)(C)C(C)(F)F)C(=O)N4C3)nc(OC(C)C)cc2c1. The number of allylic oxidation sites excluding steroid dienone is 1. The highest BCUT2D eigenvalue weighted by Crippen LogP contribution is 2.48. The molecule has 1 aromatic heterocycles. The van der Waals surface area contributed by atoms with Gasteiger partial charge in [-0.2, -0.15) is 4.98 Å². The number of methoxy groups -OCH3 is 1. The Morgan fingerprint density at radius 1 is 1.11 bits per heavy atom. The molecule has 15 nitrogen and oxygen atoms in total. The van der Waals surface area contributed by atoms with Gasteiger partial charge in [0.1, 0.15) is 35.0 Å². The molecule has 4 aliphatic rings. The minimum Gasteiger partial charge on any atom is -0.497 e. The van der Waals surface area contributed by atoms with Crippen LogP contribution in [0.3, 0.4) is 0 Å². The molecule has 3 fully saturated rings. The lowest BCUT2D eigenvalue weighted by Gasteiger charge is -2.47. The summed E-state index contributed by atoms with van der Waals surface area (Å²) < 4.78 is 76.4. The van der Waals surface area contributed by atoms with Crippen molar-refractivity contribution in [3.8, 4) is 17.5 Å². The zero-order valence-electron chi connectivity index (χ0n) is 36.3. The number of nitrogens with zero attached hydrogens (tertiary/aromatic N) is 3. The first kappa shape index (κ1) is 45.8. The van der Waals surface area contributed by atoms with Gasteiger partial charge in [0.05, 0.1) is 24.5 Å². The van der Waals surface area contributed by atoms with Crippen LogP contribution in [0.2, 0.25) is 0 Å². The van der Waals surface area contributed by atoms with Gasteiger partial charge in [-0.25, -0.2) is 22.0 Å². The largest absolute Gasteiger partial charge is 0.497 e. The van der Waals surface area contributed by atoms with Crippen LogP contribution in [0.25, 0.3) is 10.8 Å². The van der Waals surface area contributed by atoms with Gasteiger partial charge in [-0.15, -0.1) is 0 Å². The van der Waals surface area contributed by atoms with Crippen molar-refractivity contribution in [2.45, 2.75) is 146 Å². The Hall–Kier alpha value is -4.74. The van der Waals surface area contributed by atoms with Crippen LogP contribution in [-0.4, -0.2) is 112 Å². The number of benzene rings is 1. The number of rotatable bonds is 11. The molecular formula is C43H59F2N5O10S. The number of amides is 4. The molecule has 2 aromatic rings. The maximum Gasteiger partial charge on any atom is 0.408 e. The number of pyridine rings is 1. The Bertz CT molecular complexity index is 2190. The molecule has 2 aliphatic heterocycles. The third-order valence-electron chi connectivity index (χ3n) is 13.0. The quantitative estimate of drug-likeness (QED) is 0.223. The first-order chi connectivity index (χ1) is 28.3. The van der Waals surface area contributed by atoms with E-state index in [9.17, 15) is 27.9 Å². The second-order valence-electron chi connectivity index (χ2n) is 18.5. The van der Waals surface area contributed by atoms with E-state index in [4.69, 9.17) is 14.2 Å². The molecule has 1 aromatic carbocycles. The molecule has 18 heteroatoms. The minimum absolute atomic E-state index is 0.0810. The van der Waals surface area contributed by atoms with Gasteiger partial charge in [-0.3, -0.25) is 24.0 Å². The van der Waals surface area contributed by atoms with Crippen molar-refractivity contribution in [1.82, 2.24) is 24.8 Å². The molecule has 2 saturated carbocycles. The molecule has 7 atom stereocenters. The van der Waals surface area contributed by atoms with Crippen LogP contribution >= 0.6 is 0 Å². The van der Waals surface area contributed by atoms with Crippen LogP contribution in [0.5, 0.6) is 17.5 Å². The minimum atomic E-state index is -4.10. The summed E-state index contributed by atoms with van der Waals surface area (Å²) in [5.74, 6) is -6.83. The van der Waals surface area contributed by atoms with Crippen LogP contribution in [0.1, 0.15) is 100 Å².